The molecule has 0 spiro atoms. The largest absolute Gasteiger partial charge is 0.477 e. The lowest BCUT2D eigenvalue weighted by atomic mass is 10.3. The summed E-state index contributed by atoms with van der Waals surface area (Å²) in [5.41, 5.74) is 0.674. The second-order valence-electron chi connectivity index (χ2n) is 2.81. The number of halogens is 1. The number of carbonyl (C=O) groups is 1. The van der Waals surface area contributed by atoms with Gasteiger partial charge in [0.25, 0.3) is 0 Å². The van der Waals surface area contributed by atoms with Crippen molar-refractivity contribution < 1.29 is 9.90 Å². The van der Waals surface area contributed by atoms with Crippen LogP contribution < -0.4 is 0 Å². The van der Waals surface area contributed by atoms with E-state index in [1.165, 1.54) is 12.3 Å². The van der Waals surface area contributed by atoms with Gasteiger partial charge in [0.2, 0.25) is 0 Å². The molecule has 0 fully saturated rings. The SMILES string of the molecule is Cn1nc(Cl)c2cc(C(=O)O)ncc21. The normalized spacial score (nSPS) is 10.7. The molecule has 0 saturated heterocycles. The highest BCUT2D eigenvalue weighted by Gasteiger charge is 2.11. The van der Waals surface area contributed by atoms with Gasteiger partial charge in [-0.3, -0.25) is 4.68 Å². The Balaban J connectivity index is 2.77. The first-order valence-corrected chi connectivity index (χ1v) is 4.19. The standard InChI is InChI=1S/C8H6ClN3O2/c1-12-6-3-10-5(8(13)14)2-4(6)7(9)11-12/h2-3H,1H3,(H,13,14). The van der Waals surface area contributed by atoms with Crippen molar-refractivity contribution in [2.24, 2.45) is 7.05 Å². The van der Waals surface area contributed by atoms with E-state index in [0.29, 0.717) is 10.9 Å². The van der Waals surface area contributed by atoms with Gasteiger partial charge in [-0.05, 0) is 6.07 Å². The molecule has 0 atom stereocenters. The summed E-state index contributed by atoms with van der Waals surface area (Å²) in [4.78, 5) is 14.4. The van der Waals surface area contributed by atoms with Gasteiger partial charge in [0.1, 0.15) is 5.69 Å². The van der Waals surface area contributed by atoms with Gasteiger partial charge >= 0.3 is 5.97 Å². The maximum absolute atomic E-state index is 10.6. The lowest BCUT2D eigenvalue weighted by Crippen LogP contribution is -1.99. The number of pyridine rings is 1. The average molecular weight is 212 g/mol. The minimum atomic E-state index is -1.08. The van der Waals surface area contributed by atoms with E-state index < -0.39 is 5.97 Å². The van der Waals surface area contributed by atoms with E-state index in [-0.39, 0.29) is 10.8 Å². The van der Waals surface area contributed by atoms with Crippen molar-refractivity contribution in [1.29, 1.82) is 0 Å². The highest BCUT2D eigenvalue weighted by Crippen LogP contribution is 2.21. The molecule has 72 valence electrons. The van der Waals surface area contributed by atoms with E-state index in [4.69, 9.17) is 16.7 Å². The molecule has 0 radical (unpaired) electrons. The zero-order valence-electron chi connectivity index (χ0n) is 7.23. The number of nitrogens with zero attached hydrogens (tertiary/aromatic N) is 3. The number of carboxylic acids is 1. The molecule has 0 aromatic carbocycles. The highest BCUT2D eigenvalue weighted by atomic mass is 35.5. The van der Waals surface area contributed by atoms with Gasteiger partial charge in [-0.25, -0.2) is 9.78 Å². The number of aromatic nitrogens is 3. The third-order valence-electron chi connectivity index (χ3n) is 1.91. The van der Waals surface area contributed by atoms with Crippen molar-refractivity contribution >= 4 is 28.5 Å². The topological polar surface area (TPSA) is 68.0 Å². The van der Waals surface area contributed by atoms with Crippen LogP contribution in [0.4, 0.5) is 0 Å². The van der Waals surface area contributed by atoms with Crippen LogP contribution in [-0.4, -0.2) is 25.8 Å². The molecule has 0 bridgehead atoms. The molecular weight excluding hydrogens is 206 g/mol. The fourth-order valence-corrected chi connectivity index (χ4v) is 1.49. The first kappa shape index (κ1) is 8.96. The number of aromatic carboxylic acids is 1. The minimum Gasteiger partial charge on any atom is -0.477 e. The number of hydrogen-bond donors (Lipinski definition) is 1. The van der Waals surface area contributed by atoms with Crippen LogP contribution in [0.3, 0.4) is 0 Å². The Kier molecular flexibility index (Phi) is 1.89. The van der Waals surface area contributed by atoms with Crippen LogP contribution in [0, 0.1) is 0 Å². The van der Waals surface area contributed by atoms with Crippen LogP contribution in [-0.2, 0) is 7.05 Å². The van der Waals surface area contributed by atoms with Crippen molar-refractivity contribution in [1.82, 2.24) is 14.8 Å². The van der Waals surface area contributed by atoms with Gasteiger partial charge in [-0.1, -0.05) is 11.6 Å². The predicted octanol–water partition coefficient (Wildman–Crippen LogP) is 1.32. The fraction of sp³-hybridized carbons (Fsp3) is 0.125. The molecule has 1 N–H and O–H groups in total. The maximum Gasteiger partial charge on any atom is 0.354 e. The summed E-state index contributed by atoms with van der Waals surface area (Å²) in [5, 5.41) is 13.5. The lowest BCUT2D eigenvalue weighted by Gasteiger charge is -1.94. The van der Waals surface area contributed by atoms with Crippen molar-refractivity contribution in [3.63, 3.8) is 0 Å². The van der Waals surface area contributed by atoms with Crippen LogP contribution >= 0.6 is 11.6 Å². The average Bonchev–Trinajstić information content (AvgIpc) is 2.42. The number of aryl methyl sites for hydroxylation is 1. The summed E-state index contributed by atoms with van der Waals surface area (Å²) in [5.74, 6) is -1.08. The van der Waals surface area contributed by atoms with Gasteiger partial charge in [-0.2, -0.15) is 5.10 Å². The maximum atomic E-state index is 10.6. The summed E-state index contributed by atoms with van der Waals surface area (Å²) in [6.45, 7) is 0. The fourth-order valence-electron chi connectivity index (χ4n) is 1.23. The second-order valence-corrected chi connectivity index (χ2v) is 3.16. The third kappa shape index (κ3) is 1.22. The molecule has 0 aliphatic rings. The van der Waals surface area contributed by atoms with Gasteiger partial charge < -0.3 is 5.11 Å². The molecular formula is C8H6ClN3O2. The molecule has 0 aliphatic carbocycles. The summed E-state index contributed by atoms with van der Waals surface area (Å²) in [7, 11) is 1.72. The van der Waals surface area contributed by atoms with E-state index in [0.717, 1.165) is 0 Å². The van der Waals surface area contributed by atoms with Crippen molar-refractivity contribution in [2.75, 3.05) is 0 Å². The van der Waals surface area contributed by atoms with Gasteiger partial charge in [-0.15, -0.1) is 0 Å². The van der Waals surface area contributed by atoms with Crippen LogP contribution in [0.2, 0.25) is 5.15 Å². The Labute approximate surface area is 83.9 Å². The molecule has 2 rings (SSSR count). The zero-order chi connectivity index (χ0) is 10.3. The molecule has 0 amide bonds. The number of fused-ring (bicyclic) bond motifs is 1. The number of rotatable bonds is 1. The lowest BCUT2D eigenvalue weighted by molar-refractivity contribution is 0.0690. The highest BCUT2D eigenvalue weighted by molar-refractivity contribution is 6.34. The van der Waals surface area contributed by atoms with Crippen molar-refractivity contribution in [3.05, 3.63) is 23.1 Å². The Morgan fingerprint density at radius 1 is 1.64 bits per heavy atom. The Morgan fingerprint density at radius 3 is 3.00 bits per heavy atom. The summed E-state index contributed by atoms with van der Waals surface area (Å²) in [6.07, 6.45) is 1.44. The quantitative estimate of drug-likeness (QED) is 0.773. The minimum absolute atomic E-state index is 0.0348. The Morgan fingerprint density at radius 2 is 2.36 bits per heavy atom. The molecule has 0 saturated carbocycles. The molecule has 5 nitrogen and oxygen atoms in total. The van der Waals surface area contributed by atoms with Gasteiger partial charge in [0.05, 0.1) is 11.7 Å². The molecule has 6 heteroatoms. The second kappa shape index (κ2) is 2.95. The van der Waals surface area contributed by atoms with E-state index in [9.17, 15) is 4.79 Å². The monoisotopic (exact) mass is 211 g/mol. The van der Waals surface area contributed by atoms with Crippen molar-refractivity contribution in [3.8, 4) is 0 Å². The molecule has 2 aromatic heterocycles. The Hall–Kier alpha value is -1.62. The van der Waals surface area contributed by atoms with E-state index in [1.54, 1.807) is 11.7 Å². The van der Waals surface area contributed by atoms with Gasteiger partial charge in [0.15, 0.2) is 5.15 Å². The summed E-state index contributed by atoms with van der Waals surface area (Å²) in [6, 6.07) is 1.41. The summed E-state index contributed by atoms with van der Waals surface area (Å²) >= 11 is 5.80. The molecule has 2 heterocycles. The van der Waals surface area contributed by atoms with E-state index in [1.807, 2.05) is 0 Å². The van der Waals surface area contributed by atoms with E-state index in [2.05, 4.69) is 10.1 Å². The first-order chi connectivity index (χ1) is 6.59. The third-order valence-corrected chi connectivity index (χ3v) is 2.19. The molecule has 2 aromatic rings. The predicted molar refractivity (Wildman–Crippen MR) is 50.5 cm³/mol. The van der Waals surface area contributed by atoms with E-state index >= 15 is 0 Å². The van der Waals surface area contributed by atoms with Crippen molar-refractivity contribution in [2.45, 2.75) is 0 Å². The van der Waals surface area contributed by atoms with Crippen LogP contribution in [0.15, 0.2) is 12.3 Å². The molecule has 14 heavy (non-hydrogen) atoms. The zero-order valence-corrected chi connectivity index (χ0v) is 7.99. The van der Waals surface area contributed by atoms with Crippen LogP contribution in [0.1, 0.15) is 10.5 Å². The molecule has 0 unspecified atom stereocenters. The van der Waals surface area contributed by atoms with Gasteiger partial charge in [0, 0.05) is 12.4 Å². The molecule has 0 aliphatic heterocycles. The van der Waals surface area contributed by atoms with Crippen LogP contribution in [0.5, 0.6) is 0 Å². The smallest absolute Gasteiger partial charge is 0.354 e. The Bertz CT molecular complexity index is 521. The number of carboxylic acid groups (broad SMARTS) is 1. The summed E-state index contributed by atoms with van der Waals surface area (Å²) < 4.78 is 1.55. The number of hydrogen-bond acceptors (Lipinski definition) is 3. The first-order valence-electron chi connectivity index (χ1n) is 3.81. The van der Waals surface area contributed by atoms with Crippen LogP contribution in [0.25, 0.3) is 10.9 Å².